The third kappa shape index (κ3) is 2.20. The van der Waals surface area contributed by atoms with Crippen molar-refractivity contribution in [2.24, 2.45) is 5.92 Å². The lowest BCUT2D eigenvalue weighted by molar-refractivity contribution is -0.117. The smallest absolute Gasteiger partial charge is 0.238 e. The van der Waals surface area contributed by atoms with Gasteiger partial charge in [0.15, 0.2) is 0 Å². The molecule has 1 saturated heterocycles. The van der Waals surface area contributed by atoms with Gasteiger partial charge in [-0.3, -0.25) is 9.69 Å². The lowest BCUT2D eigenvalue weighted by Crippen LogP contribution is -2.26. The molecule has 1 atom stereocenters. The van der Waals surface area contributed by atoms with Crippen LogP contribution in [0.3, 0.4) is 0 Å². The van der Waals surface area contributed by atoms with Crippen LogP contribution in [-0.4, -0.2) is 36.6 Å². The number of anilines is 1. The molecule has 0 aromatic carbocycles. The summed E-state index contributed by atoms with van der Waals surface area (Å²) >= 11 is 0. The molecule has 2 rings (SSSR count). The van der Waals surface area contributed by atoms with Gasteiger partial charge in [0.25, 0.3) is 0 Å². The zero-order valence-corrected chi connectivity index (χ0v) is 10.2. The summed E-state index contributed by atoms with van der Waals surface area (Å²) in [5.41, 5.74) is 0. The second kappa shape index (κ2) is 4.92. The van der Waals surface area contributed by atoms with Crippen molar-refractivity contribution >= 4 is 11.9 Å². The molecule has 0 bridgehead atoms. The van der Waals surface area contributed by atoms with Gasteiger partial charge in [-0.1, -0.05) is 0 Å². The minimum atomic E-state index is -0.0988. The monoisotopic (exact) mass is 247 g/mol. The van der Waals surface area contributed by atoms with Crippen molar-refractivity contribution in [1.82, 2.24) is 9.97 Å². The fourth-order valence-electron chi connectivity index (χ4n) is 1.73. The number of carbonyl (C=O) groups is 1. The Kier molecular flexibility index (Phi) is 3.33. The number of hydrogen-bond donors (Lipinski definition) is 0. The van der Waals surface area contributed by atoms with Crippen LogP contribution in [0.25, 0.3) is 0 Å². The highest BCUT2D eigenvalue weighted by Crippen LogP contribution is 2.25. The Morgan fingerprint density at radius 2 is 2.00 bits per heavy atom. The quantitative estimate of drug-likeness (QED) is 0.727. The van der Waals surface area contributed by atoms with E-state index in [1.165, 1.54) is 19.1 Å². The number of methoxy groups -OCH3 is 2. The Hall–Kier alpha value is -2.29. The largest absolute Gasteiger partial charge is 0.481 e. The van der Waals surface area contributed by atoms with E-state index in [2.05, 4.69) is 15.9 Å². The summed E-state index contributed by atoms with van der Waals surface area (Å²) in [5, 5.41) is 0. The van der Waals surface area contributed by atoms with Crippen LogP contribution >= 0.6 is 0 Å². The molecule has 18 heavy (non-hydrogen) atoms. The molecule has 2 heterocycles. The molecule has 0 aliphatic carbocycles. The summed E-state index contributed by atoms with van der Waals surface area (Å²) < 4.78 is 10.1. The minimum Gasteiger partial charge on any atom is -0.481 e. The fraction of sp³-hybridized carbons (Fsp3) is 0.417. The van der Waals surface area contributed by atoms with Crippen LogP contribution in [0.5, 0.6) is 11.8 Å². The first kappa shape index (κ1) is 12.2. The van der Waals surface area contributed by atoms with E-state index in [-0.39, 0.29) is 17.8 Å². The Labute approximate surface area is 105 Å². The van der Waals surface area contributed by atoms with Gasteiger partial charge in [-0.25, -0.2) is 0 Å². The number of aromatic nitrogens is 2. The number of terminal acetylenes is 1. The van der Waals surface area contributed by atoms with E-state index in [9.17, 15) is 4.79 Å². The molecule has 6 nitrogen and oxygen atoms in total. The van der Waals surface area contributed by atoms with Crippen LogP contribution in [0, 0.1) is 18.3 Å². The van der Waals surface area contributed by atoms with Gasteiger partial charge in [-0.05, 0) is 0 Å². The highest BCUT2D eigenvalue weighted by atomic mass is 16.5. The molecule has 0 saturated carbocycles. The molecule has 0 N–H and O–H groups in total. The zero-order chi connectivity index (χ0) is 13.1. The van der Waals surface area contributed by atoms with E-state index >= 15 is 0 Å². The number of nitrogens with zero attached hydrogens (tertiary/aromatic N) is 3. The normalized spacial score (nSPS) is 18.6. The van der Waals surface area contributed by atoms with E-state index in [1.54, 1.807) is 6.07 Å². The van der Waals surface area contributed by atoms with Gasteiger partial charge in [0.05, 0.1) is 20.3 Å². The Morgan fingerprint density at radius 1 is 1.39 bits per heavy atom. The molecule has 1 amide bonds. The van der Waals surface area contributed by atoms with Crippen molar-refractivity contribution in [3.63, 3.8) is 0 Å². The number of ether oxygens (including phenoxy) is 2. The van der Waals surface area contributed by atoms with E-state index in [0.29, 0.717) is 24.7 Å². The number of amides is 1. The maximum absolute atomic E-state index is 11.8. The van der Waals surface area contributed by atoms with Crippen LogP contribution in [0.4, 0.5) is 5.95 Å². The summed E-state index contributed by atoms with van der Waals surface area (Å²) in [5.74, 6) is 3.32. The SMILES string of the molecule is C#CC1CC(=O)N(c2nc(OC)cc(OC)n2)C1. The molecular formula is C12H13N3O3. The summed E-state index contributed by atoms with van der Waals surface area (Å²) in [4.78, 5) is 21.5. The van der Waals surface area contributed by atoms with Gasteiger partial charge < -0.3 is 9.47 Å². The Bertz CT molecular complexity index is 488. The van der Waals surface area contributed by atoms with Crippen molar-refractivity contribution in [2.75, 3.05) is 25.7 Å². The number of hydrogen-bond acceptors (Lipinski definition) is 5. The molecule has 1 aromatic heterocycles. The van der Waals surface area contributed by atoms with Gasteiger partial charge in [-0.2, -0.15) is 9.97 Å². The molecule has 94 valence electrons. The summed E-state index contributed by atoms with van der Waals surface area (Å²) in [6.45, 7) is 0.422. The van der Waals surface area contributed by atoms with Gasteiger partial charge in [0, 0.05) is 18.9 Å². The van der Waals surface area contributed by atoms with Crippen LogP contribution in [-0.2, 0) is 4.79 Å². The number of carbonyl (C=O) groups excluding carboxylic acids is 1. The molecule has 6 heteroatoms. The third-order valence-corrected chi connectivity index (χ3v) is 2.69. The Balaban J connectivity index is 2.33. The second-order valence-electron chi connectivity index (χ2n) is 3.82. The predicted octanol–water partition coefficient (Wildman–Crippen LogP) is 0.480. The third-order valence-electron chi connectivity index (χ3n) is 2.69. The molecule has 0 radical (unpaired) electrons. The van der Waals surface area contributed by atoms with E-state index < -0.39 is 0 Å². The topological polar surface area (TPSA) is 64.6 Å². The number of rotatable bonds is 3. The maximum Gasteiger partial charge on any atom is 0.238 e. The highest BCUT2D eigenvalue weighted by Gasteiger charge is 2.31. The summed E-state index contributed by atoms with van der Waals surface area (Å²) in [6.07, 6.45) is 5.65. The summed E-state index contributed by atoms with van der Waals surface area (Å²) in [6, 6.07) is 1.54. The summed E-state index contributed by atoms with van der Waals surface area (Å²) in [7, 11) is 2.98. The first-order valence-electron chi connectivity index (χ1n) is 5.41. The minimum absolute atomic E-state index is 0.0896. The lowest BCUT2D eigenvalue weighted by Gasteiger charge is -2.15. The van der Waals surface area contributed by atoms with Gasteiger partial charge >= 0.3 is 0 Å². The standard InChI is InChI=1S/C12H13N3O3/c1-4-8-5-11(16)15(7-8)12-13-9(17-2)6-10(14-12)18-3/h1,6,8H,5,7H2,2-3H3. The van der Waals surface area contributed by atoms with E-state index in [0.717, 1.165) is 0 Å². The highest BCUT2D eigenvalue weighted by molar-refractivity contribution is 5.94. The van der Waals surface area contributed by atoms with E-state index in [1.807, 2.05) is 0 Å². The average Bonchev–Trinajstić information content (AvgIpc) is 2.79. The molecule has 1 aromatic rings. The molecular weight excluding hydrogens is 234 g/mol. The first-order valence-corrected chi connectivity index (χ1v) is 5.41. The molecule has 1 unspecified atom stereocenters. The van der Waals surface area contributed by atoms with Crippen LogP contribution in [0.1, 0.15) is 6.42 Å². The van der Waals surface area contributed by atoms with E-state index in [4.69, 9.17) is 15.9 Å². The van der Waals surface area contributed by atoms with Crippen molar-refractivity contribution in [3.05, 3.63) is 6.07 Å². The maximum atomic E-state index is 11.8. The molecule has 0 spiro atoms. The van der Waals surface area contributed by atoms with Crippen LogP contribution in [0.15, 0.2) is 6.07 Å². The van der Waals surface area contributed by atoms with Gasteiger partial charge in [0.1, 0.15) is 0 Å². The van der Waals surface area contributed by atoms with Gasteiger partial charge in [0.2, 0.25) is 23.6 Å². The lowest BCUT2D eigenvalue weighted by atomic mass is 10.1. The van der Waals surface area contributed by atoms with Crippen molar-refractivity contribution in [1.29, 1.82) is 0 Å². The van der Waals surface area contributed by atoms with Crippen LogP contribution < -0.4 is 14.4 Å². The fourth-order valence-corrected chi connectivity index (χ4v) is 1.73. The van der Waals surface area contributed by atoms with Crippen molar-refractivity contribution < 1.29 is 14.3 Å². The Morgan fingerprint density at radius 3 is 2.44 bits per heavy atom. The predicted molar refractivity (Wildman–Crippen MR) is 64.4 cm³/mol. The second-order valence-corrected chi connectivity index (χ2v) is 3.82. The van der Waals surface area contributed by atoms with Gasteiger partial charge in [-0.15, -0.1) is 12.3 Å². The molecule has 1 aliphatic rings. The van der Waals surface area contributed by atoms with Crippen molar-refractivity contribution in [2.45, 2.75) is 6.42 Å². The molecule has 1 aliphatic heterocycles. The molecule has 1 fully saturated rings. The zero-order valence-electron chi connectivity index (χ0n) is 10.2. The van der Waals surface area contributed by atoms with Crippen molar-refractivity contribution in [3.8, 4) is 24.1 Å². The van der Waals surface area contributed by atoms with Crippen LogP contribution in [0.2, 0.25) is 0 Å². The average molecular weight is 247 g/mol. The first-order chi connectivity index (χ1) is 8.67.